The summed E-state index contributed by atoms with van der Waals surface area (Å²) in [6.07, 6.45) is 1.14. The summed E-state index contributed by atoms with van der Waals surface area (Å²) < 4.78 is 1.90. The van der Waals surface area contributed by atoms with Gasteiger partial charge < -0.3 is 10.6 Å². The highest BCUT2D eigenvalue weighted by molar-refractivity contribution is 5.70. The standard InChI is InChI=1S/C9H16N4/c1-4-7-5-10-8-6(2)12-13(3)9(8)11-7/h7,10-11H,4-5H2,1-3H3. The van der Waals surface area contributed by atoms with E-state index in [4.69, 9.17) is 0 Å². The maximum Gasteiger partial charge on any atom is 0.148 e. The van der Waals surface area contributed by atoms with E-state index in [9.17, 15) is 0 Å². The van der Waals surface area contributed by atoms with E-state index in [0.717, 1.165) is 30.2 Å². The molecular weight excluding hydrogens is 164 g/mol. The quantitative estimate of drug-likeness (QED) is 0.685. The topological polar surface area (TPSA) is 41.9 Å². The number of fused-ring (bicyclic) bond motifs is 1. The van der Waals surface area contributed by atoms with Crippen LogP contribution in [0.15, 0.2) is 0 Å². The Kier molecular flexibility index (Phi) is 1.90. The fourth-order valence-electron chi connectivity index (χ4n) is 1.75. The summed E-state index contributed by atoms with van der Waals surface area (Å²) >= 11 is 0. The lowest BCUT2D eigenvalue weighted by atomic mass is 10.1. The van der Waals surface area contributed by atoms with Gasteiger partial charge in [-0.15, -0.1) is 0 Å². The van der Waals surface area contributed by atoms with Gasteiger partial charge in [0.05, 0.1) is 5.69 Å². The van der Waals surface area contributed by atoms with Crippen molar-refractivity contribution < 1.29 is 0 Å². The van der Waals surface area contributed by atoms with Crippen molar-refractivity contribution in [2.75, 3.05) is 17.2 Å². The van der Waals surface area contributed by atoms with E-state index in [1.807, 2.05) is 18.7 Å². The summed E-state index contributed by atoms with van der Waals surface area (Å²) in [6.45, 7) is 5.21. The molecule has 1 aromatic heterocycles. The molecule has 1 aliphatic rings. The van der Waals surface area contributed by atoms with Crippen molar-refractivity contribution in [3.63, 3.8) is 0 Å². The van der Waals surface area contributed by atoms with Crippen LogP contribution in [0.2, 0.25) is 0 Å². The second-order valence-corrected chi connectivity index (χ2v) is 3.56. The minimum atomic E-state index is 0.530. The second kappa shape index (κ2) is 2.94. The number of nitrogens with one attached hydrogen (secondary N) is 2. The molecule has 2 heterocycles. The summed E-state index contributed by atoms with van der Waals surface area (Å²) in [5, 5.41) is 11.2. The second-order valence-electron chi connectivity index (χ2n) is 3.56. The lowest BCUT2D eigenvalue weighted by Gasteiger charge is -2.25. The molecule has 0 fully saturated rings. The van der Waals surface area contributed by atoms with E-state index in [2.05, 4.69) is 22.7 Å². The molecule has 1 aliphatic heterocycles. The van der Waals surface area contributed by atoms with Gasteiger partial charge in [-0.3, -0.25) is 4.68 Å². The van der Waals surface area contributed by atoms with Gasteiger partial charge in [0.2, 0.25) is 0 Å². The zero-order valence-electron chi connectivity index (χ0n) is 8.39. The number of nitrogens with zero attached hydrogens (tertiary/aromatic N) is 2. The van der Waals surface area contributed by atoms with Gasteiger partial charge in [0.15, 0.2) is 0 Å². The minimum absolute atomic E-state index is 0.530. The fourth-order valence-corrected chi connectivity index (χ4v) is 1.75. The molecule has 0 radical (unpaired) electrons. The Morgan fingerprint density at radius 3 is 3.08 bits per heavy atom. The van der Waals surface area contributed by atoms with E-state index in [-0.39, 0.29) is 0 Å². The monoisotopic (exact) mass is 180 g/mol. The molecule has 4 heteroatoms. The van der Waals surface area contributed by atoms with Gasteiger partial charge in [0, 0.05) is 19.6 Å². The van der Waals surface area contributed by atoms with E-state index in [0.29, 0.717) is 6.04 Å². The van der Waals surface area contributed by atoms with E-state index in [1.165, 1.54) is 0 Å². The van der Waals surface area contributed by atoms with Gasteiger partial charge in [-0.1, -0.05) is 6.92 Å². The van der Waals surface area contributed by atoms with Crippen molar-refractivity contribution in [2.24, 2.45) is 7.05 Å². The summed E-state index contributed by atoms with van der Waals surface area (Å²) in [6, 6.07) is 0.530. The van der Waals surface area contributed by atoms with Crippen LogP contribution in [0.25, 0.3) is 0 Å². The van der Waals surface area contributed by atoms with Crippen LogP contribution in [0.3, 0.4) is 0 Å². The molecule has 0 aliphatic carbocycles. The average molecular weight is 180 g/mol. The van der Waals surface area contributed by atoms with Gasteiger partial charge in [-0.2, -0.15) is 5.10 Å². The molecule has 0 saturated heterocycles. The molecule has 0 spiro atoms. The number of anilines is 2. The molecule has 2 rings (SSSR count). The molecule has 1 unspecified atom stereocenters. The highest BCUT2D eigenvalue weighted by Crippen LogP contribution is 2.28. The lowest BCUT2D eigenvalue weighted by Crippen LogP contribution is -2.32. The zero-order chi connectivity index (χ0) is 9.42. The van der Waals surface area contributed by atoms with Crippen LogP contribution in [0, 0.1) is 6.92 Å². The Labute approximate surface area is 78.3 Å². The van der Waals surface area contributed by atoms with Crippen LogP contribution in [0.5, 0.6) is 0 Å². The van der Waals surface area contributed by atoms with Crippen LogP contribution < -0.4 is 10.6 Å². The normalized spacial score (nSPS) is 20.4. The number of hydrogen-bond donors (Lipinski definition) is 2. The molecule has 13 heavy (non-hydrogen) atoms. The molecule has 2 N–H and O–H groups in total. The molecule has 72 valence electrons. The number of aromatic nitrogens is 2. The Balaban J connectivity index is 2.33. The smallest absolute Gasteiger partial charge is 0.148 e. The van der Waals surface area contributed by atoms with Gasteiger partial charge >= 0.3 is 0 Å². The van der Waals surface area contributed by atoms with Gasteiger partial charge in [-0.25, -0.2) is 0 Å². The Morgan fingerprint density at radius 1 is 1.62 bits per heavy atom. The van der Waals surface area contributed by atoms with Crippen LogP contribution in [0.4, 0.5) is 11.5 Å². The molecule has 0 aromatic carbocycles. The number of aryl methyl sites for hydroxylation is 2. The Morgan fingerprint density at radius 2 is 2.38 bits per heavy atom. The largest absolute Gasteiger partial charge is 0.378 e. The third kappa shape index (κ3) is 1.26. The van der Waals surface area contributed by atoms with Crippen molar-refractivity contribution >= 4 is 11.5 Å². The highest BCUT2D eigenvalue weighted by Gasteiger charge is 2.21. The third-order valence-electron chi connectivity index (χ3n) is 2.58. The Hall–Kier alpha value is -1.19. The number of hydrogen-bond acceptors (Lipinski definition) is 3. The van der Waals surface area contributed by atoms with Gasteiger partial charge in [0.1, 0.15) is 11.5 Å². The number of rotatable bonds is 1. The van der Waals surface area contributed by atoms with E-state index in [1.54, 1.807) is 0 Å². The van der Waals surface area contributed by atoms with Crippen LogP contribution in [-0.2, 0) is 7.05 Å². The highest BCUT2D eigenvalue weighted by atomic mass is 15.3. The van der Waals surface area contributed by atoms with Crippen molar-refractivity contribution in [3.05, 3.63) is 5.69 Å². The first-order valence-corrected chi connectivity index (χ1v) is 4.76. The van der Waals surface area contributed by atoms with Gasteiger partial charge in [-0.05, 0) is 13.3 Å². The van der Waals surface area contributed by atoms with Crippen molar-refractivity contribution in [1.29, 1.82) is 0 Å². The molecule has 4 nitrogen and oxygen atoms in total. The maximum atomic E-state index is 4.35. The summed E-state index contributed by atoms with van der Waals surface area (Å²) in [5.74, 6) is 1.12. The van der Waals surface area contributed by atoms with Crippen molar-refractivity contribution in [1.82, 2.24) is 9.78 Å². The molecule has 0 bridgehead atoms. The van der Waals surface area contributed by atoms with Crippen LogP contribution >= 0.6 is 0 Å². The summed E-state index contributed by atoms with van der Waals surface area (Å²) in [5.41, 5.74) is 2.23. The van der Waals surface area contributed by atoms with E-state index >= 15 is 0 Å². The first-order chi connectivity index (χ1) is 6.22. The summed E-state index contributed by atoms with van der Waals surface area (Å²) in [4.78, 5) is 0. The Bertz CT molecular complexity index is 316. The average Bonchev–Trinajstić information content (AvgIpc) is 2.42. The SMILES string of the molecule is CCC1CNc2c(C)nn(C)c2N1. The van der Waals surface area contributed by atoms with Crippen LogP contribution in [0.1, 0.15) is 19.0 Å². The van der Waals surface area contributed by atoms with Crippen molar-refractivity contribution in [3.8, 4) is 0 Å². The van der Waals surface area contributed by atoms with Crippen LogP contribution in [-0.4, -0.2) is 22.4 Å². The predicted octanol–water partition coefficient (Wildman–Crippen LogP) is 1.34. The minimum Gasteiger partial charge on any atom is -0.378 e. The first kappa shape index (κ1) is 8.41. The lowest BCUT2D eigenvalue weighted by molar-refractivity contribution is 0.684. The maximum absolute atomic E-state index is 4.35. The predicted molar refractivity (Wildman–Crippen MR) is 54.1 cm³/mol. The molecule has 1 atom stereocenters. The zero-order valence-corrected chi connectivity index (χ0v) is 8.39. The third-order valence-corrected chi connectivity index (χ3v) is 2.58. The summed E-state index contributed by atoms with van der Waals surface area (Å²) in [7, 11) is 1.97. The van der Waals surface area contributed by atoms with E-state index < -0.39 is 0 Å². The van der Waals surface area contributed by atoms with Gasteiger partial charge in [0.25, 0.3) is 0 Å². The first-order valence-electron chi connectivity index (χ1n) is 4.76. The molecule has 0 amide bonds. The van der Waals surface area contributed by atoms with Crippen molar-refractivity contribution in [2.45, 2.75) is 26.3 Å². The fraction of sp³-hybridized carbons (Fsp3) is 0.667. The molecule has 0 saturated carbocycles. The molecule has 1 aromatic rings. The molecular formula is C9H16N4.